The molecule has 4 heteroatoms. The lowest BCUT2D eigenvalue weighted by Crippen LogP contribution is -2.25. The third-order valence-corrected chi connectivity index (χ3v) is 2.22. The van der Waals surface area contributed by atoms with E-state index >= 15 is 0 Å². The molecule has 0 spiro atoms. The van der Waals surface area contributed by atoms with E-state index in [1.54, 1.807) is 25.2 Å². The van der Waals surface area contributed by atoms with Crippen molar-refractivity contribution in [2.75, 3.05) is 20.8 Å². The number of ether oxygens (including phenoxy) is 1. The first kappa shape index (κ1) is 13.5. The number of hydrogen-bond donors (Lipinski definition) is 0. The molecule has 0 aromatic heterocycles. The Balaban J connectivity index is 2.75. The Morgan fingerprint density at radius 1 is 1.41 bits per heavy atom. The Labute approximate surface area is 102 Å². The molecule has 1 amide bonds. The van der Waals surface area contributed by atoms with Gasteiger partial charge in [-0.1, -0.05) is 19.9 Å². The summed E-state index contributed by atoms with van der Waals surface area (Å²) in [7, 11) is 3.03. The third-order valence-electron chi connectivity index (χ3n) is 2.22. The molecular formula is C13H19NO3. The predicted octanol–water partition coefficient (Wildman–Crippen LogP) is 2.35. The van der Waals surface area contributed by atoms with Crippen molar-refractivity contribution in [2.24, 2.45) is 5.92 Å². The zero-order valence-electron chi connectivity index (χ0n) is 10.8. The molecule has 4 nitrogen and oxygen atoms in total. The minimum Gasteiger partial charge on any atom is -0.493 e. The van der Waals surface area contributed by atoms with Crippen LogP contribution < -0.4 is 4.74 Å². The summed E-state index contributed by atoms with van der Waals surface area (Å²) in [6, 6.07) is 7.10. The number of amides is 1. The maximum atomic E-state index is 11.8. The van der Waals surface area contributed by atoms with Crippen molar-refractivity contribution in [2.45, 2.75) is 13.8 Å². The number of rotatable bonds is 5. The number of carbonyl (C=O) groups excluding carboxylic acids is 1. The highest BCUT2D eigenvalue weighted by Crippen LogP contribution is 2.15. The average molecular weight is 237 g/mol. The van der Waals surface area contributed by atoms with Crippen LogP contribution in [0.5, 0.6) is 5.75 Å². The molecule has 17 heavy (non-hydrogen) atoms. The summed E-state index contributed by atoms with van der Waals surface area (Å²) in [5.74, 6) is 0.965. The van der Waals surface area contributed by atoms with E-state index in [0.29, 0.717) is 23.8 Å². The van der Waals surface area contributed by atoms with Crippen LogP contribution >= 0.6 is 0 Å². The lowest BCUT2D eigenvalue weighted by Gasteiger charge is -2.14. The smallest absolute Gasteiger partial charge is 0.277 e. The van der Waals surface area contributed by atoms with Gasteiger partial charge < -0.3 is 4.74 Å². The minimum atomic E-state index is -0.192. The molecule has 0 radical (unpaired) electrons. The van der Waals surface area contributed by atoms with E-state index in [9.17, 15) is 4.79 Å². The fraction of sp³-hybridized carbons (Fsp3) is 0.462. The van der Waals surface area contributed by atoms with Gasteiger partial charge in [0.1, 0.15) is 5.75 Å². The largest absolute Gasteiger partial charge is 0.493 e. The van der Waals surface area contributed by atoms with Gasteiger partial charge in [-0.2, -0.15) is 0 Å². The third kappa shape index (κ3) is 4.07. The van der Waals surface area contributed by atoms with E-state index in [2.05, 4.69) is 13.8 Å². The van der Waals surface area contributed by atoms with E-state index in [0.717, 1.165) is 0 Å². The van der Waals surface area contributed by atoms with Gasteiger partial charge in [0.2, 0.25) is 0 Å². The molecule has 0 atom stereocenters. The fourth-order valence-electron chi connectivity index (χ4n) is 1.25. The van der Waals surface area contributed by atoms with E-state index in [1.807, 2.05) is 6.07 Å². The zero-order chi connectivity index (χ0) is 12.8. The van der Waals surface area contributed by atoms with E-state index in [-0.39, 0.29) is 5.91 Å². The van der Waals surface area contributed by atoms with Gasteiger partial charge in [0.25, 0.3) is 5.91 Å². The summed E-state index contributed by atoms with van der Waals surface area (Å²) in [6.45, 7) is 4.79. The van der Waals surface area contributed by atoms with Crippen molar-refractivity contribution in [3.63, 3.8) is 0 Å². The van der Waals surface area contributed by atoms with E-state index in [1.165, 1.54) is 12.2 Å². The number of carbonyl (C=O) groups is 1. The Morgan fingerprint density at radius 2 is 2.12 bits per heavy atom. The standard InChI is InChI=1S/C13H19NO3/c1-10(2)9-17-12-7-5-6-11(8-12)13(15)14(3)16-4/h5-8,10H,9H2,1-4H3. The Bertz CT molecular complexity index is 377. The summed E-state index contributed by atoms with van der Waals surface area (Å²) in [5.41, 5.74) is 0.551. The first-order valence-corrected chi connectivity index (χ1v) is 5.59. The van der Waals surface area contributed by atoms with Gasteiger partial charge in [-0.15, -0.1) is 0 Å². The first-order valence-electron chi connectivity index (χ1n) is 5.59. The summed E-state index contributed by atoms with van der Waals surface area (Å²) in [5, 5.41) is 1.18. The van der Waals surface area contributed by atoms with Crippen molar-refractivity contribution in [1.29, 1.82) is 0 Å². The second kappa shape index (κ2) is 6.25. The van der Waals surface area contributed by atoms with Crippen LogP contribution in [-0.4, -0.2) is 31.7 Å². The van der Waals surface area contributed by atoms with Crippen LogP contribution in [0.2, 0.25) is 0 Å². The number of nitrogens with zero attached hydrogens (tertiary/aromatic N) is 1. The second-order valence-electron chi connectivity index (χ2n) is 4.22. The Kier molecular flexibility index (Phi) is 4.97. The average Bonchev–Trinajstić information content (AvgIpc) is 2.34. The summed E-state index contributed by atoms with van der Waals surface area (Å²) >= 11 is 0. The van der Waals surface area contributed by atoms with E-state index in [4.69, 9.17) is 9.57 Å². The molecule has 0 N–H and O–H groups in total. The molecule has 1 aromatic carbocycles. The number of hydrogen-bond acceptors (Lipinski definition) is 3. The van der Waals surface area contributed by atoms with Gasteiger partial charge in [0, 0.05) is 12.6 Å². The van der Waals surface area contributed by atoms with Gasteiger partial charge in [-0.25, -0.2) is 5.06 Å². The van der Waals surface area contributed by atoms with Gasteiger partial charge in [-0.05, 0) is 24.1 Å². The van der Waals surface area contributed by atoms with Crippen molar-refractivity contribution >= 4 is 5.91 Å². The van der Waals surface area contributed by atoms with Crippen molar-refractivity contribution in [3.05, 3.63) is 29.8 Å². The highest BCUT2D eigenvalue weighted by atomic mass is 16.7. The zero-order valence-corrected chi connectivity index (χ0v) is 10.8. The molecule has 94 valence electrons. The molecule has 1 rings (SSSR count). The molecule has 0 bridgehead atoms. The molecule has 0 unspecified atom stereocenters. The molecule has 1 aromatic rings. The lowest BCUT2D eigenvalue weighted by molar-refractivity contribution is -0.0757. The number of benzene rings is 1. The molecule has 0 saturated carbocycles. The van der Waals surface area contributed by atoms with Crippen LogP contribution in [0.1, 0.15) is 24.2 Å². The monoisotopic (exact) mass is 237 g/mol. The lowest BCUT2D eigenvalue weighted by atomic mass is 10.2. The van der Waals surface area contributed by atoms with Crippen molar-refractivity contribution < 1.29 is 14.4 Å². The fourth-order valence-corrected chi connectivity index (χ4v) is 1.25. The second-order valence-corrected chi connectivity index (χ2v) is 4.22. The van der Waals surface area contributed by atoms with Crippen LogP contribution in [-0.2, 0) is 4.84 Å². The van der Waals surface area contributed by atoms with E-state index < -0.39 is 0 Å². The Morgan fingerprint density at radius 3 is 2.71 bits per heavy atom. The highest BCUT2D eigenvalue weighted by Gasteiger charge is 2.11. The molecule has 0 saturated heterocycles. The van der Waals surface area contributed by atoms with Crippen LogP contribution in [0.25, 0.3) is 0 Å². The van der Waals surface area contributed by atoms with Gasteiger partial charge in [0.15, 0.2) is 0 Å². The quantitative estimate of drug-likeness (QED) is 0.738. The summed E-state index contributed by atoms with van der Waals surface area (Å²) < 4.78 is 5.56. The van der Waals surface area contributed by atoms with Gasteiger partial charge >= 0.3 is 0 Å². The first-order chi connectivity index (χ1) is 8.04. The van der Waals surface area contributed by atoms with Crippen molar-refractivity contribution in [3.8, 4) is 5.75 Å². The maximum absolute atomic E-state index is 11.8. The van der Waals surface area contributed by atoms with Crippen LogP contribution in [0.15, 0.2) is 24.3 Å². The molecule has 0 aliphatic carbocycles. The normalized spacial score (nSPS) is 10.4. The summed E-state index contributed by atoms with van der Waals surface area (Å²) in [4.78, 5) is 16.7. The van der Waals surface area contributed by atoms with Crippen molar-refractivity contribution in [1.82, 2.24) is 5.06 Å². The van der Waals surface area contributed by atoms with Crippen LogP contribution in [0, 0.1) is 5.92 Å². The van der Waals surface area contributed by atoms with Crippen LogP contribution in [0.3, 0.4) is 0 Å². The van der Waals surface area contributed by atoms with Gasteiger partial charge in [0.05, 0.1) is 13.7 Å². The minimum absolute atomic E-state index is 0.192. The molecule has 0 aliphatic heterocycles. The molecule has 0 aliphatic rings. The molecule has 0 fully saturated rings. The topological polar surface area (TPSA) is 38.8 Å². The maximum Gasteiger partial charge on any atom is 0.277 e. The molecule has 0 heterocycles. The molecular weight excluding hydrogens is 218 g/mol. The van der Waals surface area contributed by atoms with Gasteiger partial charge in [-0.3, -0.25) is 9.63 Å². The summed E-state index contributed by atoms with van der Waals surface area (Å²) in [6.07, 6.45) is 0. The number of hydroxylamine groups is 2. The highest BCUT2D eigenvalue weighted by molar-refractivity contribution is 5.93. The Hall–Kier alpha value is -1.55. The SMILES string of the molecule is CON(C)C(=O)c1cccc(OCC(C)C)c1. The van der Waals surface area contributed by atoms with Crippen LogP contribution in [0.4, 0.5) is 0 Å². The predicted molar refractivity (Wildman–Crippen MR) is 65.9 cm³/mol.